The number of anilines is 1. The highest BCUT2D eigenvalue weighted by atomic mass is 32.1. The first-order chi connectivity index (χ1) is 11.2. The largest absolute Gasteiger partial charge is 0.344 e. The van der Waals surface area contributed by atoms with E-state index in [0.717, 1.165) is 54.9 Å². The molecule has 0 aromatic carbocycles. The van der Waals surface area contributed by atoms with Crippen molar-refractivity contribution in [2.24, 2.45) is 0 Å². The third kappa shape index (κ3) is 3.11. The zero-order chi connectivity index (χ0) is 15.8. The van der Waals surface area contributed by atoms with E-state index in [2.05, 4.69) is 37.2 Å². The Morgan fingerprint density at radius 1 is 1.17 bits per heavy atom. The molecule has 1 aliphatic heterocycles. The van der Waals surface area contributed by atoms with Crippen molar-refractivity contribution in [3.05, 3.63) is 28.0 Å². The van der Waals surface area contributed by atoms with Crippen LogP contribution in [-0.2, 0) is 13.0 Å². The van der Waals surface area contributed by atoms with E-state index in [4.69, 9.17) is 0 Å². The summed E-state index contributed by atoms with van der Waals surface area (Å²) in [6, 6.07) is 0. The van der Waals surface area contributed by atoms with Crippen LogP contribution < -0.4 is 4.90 Å². The van der Waals surface area contributed by atoms with Crippen molar-refractivity contribution in [3.63, 3.8) is 0 Å². The number of thiazole rings is 1. The highest BCUT2D eigenvalue weighted by Gasteiger charge is 2.21. The van der Waals surface area contributed by atoms with Crippen molar-refractivity contribution < 1.29 is 0 Å². The summed E-state index contributed by atoms with van der Waals surface area (Å²) in [6.45, 7) is 9.27. The van der Waals surface area contributed by atoms with E-state index < -0.39 is 0 Å². The van der Waals surface area contributed by atoms with Gasteiger partial charge in [-0.25, -0.2) is 14.5 Å². The molecule has 4 heterocycles. The van der Waals surface area contributed by atoms with Crippen LogP contribution >= 0.6 is 22.7 Å². The molecule has 0 unspecified atom stereocenters. The van der Waals surface area contributed by atoms with Gasteiger partial charge in [-0.05, 0) is 13.3 Å². The first kappa shape index (κ1) is 15.0. The Balaban J connectivity index is 1.37. The van der Waals surface area contributed by atoms with E-state index >= 15 is 0 Å². The predicted octanol–water partition coefficient (Wildman–Crippen LogP) is 2.44. The molecule has 0 spiro atoms. The number of fused-ring (bicyclic) bond motifs is 1. The van der Waals surface area contributed by atoms with E-state index in [1.54, 1.807) is 22.7 Å². The highest BCUT2D eigenvalue weighted by Crippen LogP contribution is 2.24. The molecule has 6 nitrogen and oxygen atoms in total. The van der Waals surface area contributed by atoms with Gasteiger partial charge in [0.2, 0.25) is 10.1 Å². The van der Waals surface area contributed by atoms with E-state index in [9.17, 15) is 0 Å². The summed E-state index contributed by atoms with van der Waals surface area (Å²) in [4.78, 5) is 15.0. The lowest BCUT2D eigenvalue weighted by Gasteiger charge is -2.33. The van der Waals surface area contributed by atoms with Gasteiger partial charge in [-0.1, -0.05) is 18.3 Å². The topological polar surface area (TPSA) is 49.6 Å². The van der Waals surface area contributed by atoms with Gasteiger partial charge < -0.3 is 4.90 Å². The van der Waals surface area contributed by atoms with Gasteiger partial charge >= 0.3 is 0 Å². The SMILES string of the molecule is CCc1nc(CN2CCN(c3nn4cc(C)nc4s3)CC2)cs1. The Morgan fingerprint density at radius 3 is 2.70 bits per heavy atom. The van der Waals surface area contributed by atoms with E-state index in [0.29, 0.717) is 0 Å². The molecule has 23 heavy (non-hydrogen) atoms. The second-order valence-electron chi connectivity index (χ2n) is 5.84. The summed E-state index contributed by atoms with van der Waals surface area (Å²) < 4.78 is 1.89. The molecule has 0 N–H and O–H groups in total. The molecular weight excluding hydrogens is 328 g/mol. The van der Waals surface area contributed by atoms with E-state index in [1.807, 2.05) is 17.6 Å². The number of nitrogens with zero attached hydrogens (tertiary/aromatic N) is 6. The van der Waals surface area contributed by atoms with Gasteiger partial charge in [0, 0.05) is 38.1 Å². The number of hydrogen-bond acceptors (Lipinski definition) is 7. The normalized spacial score (nSPS) is 16.5. The number of imidazole rings is 1. The van der Waals surface area contributed by atoms with Crippen LogP contribution in [0.4, 0.5) is 5.13 Å². The number of rotatable bonds is 4. The molecule has 0 radical (unpaired) electrons. The summed E-state index contributed by atoms with van der Waals surface area (Å²) in [5.41, 5.74) is 2.23. The summed E-state index contributed by atoms with van der Waals surface area (Å²) >= 11 is 3.45. The molecule has 0 amide bonds. The fraction of sp³-hybridized carbons (Fsp3) is 0.533. The first-order valence-corrected chi connectivity index (χ1v) is 9.64. The van der Waals surface area contributed by atoms with Crippen molar-refractivity contribution in [2.75, 3.05) is 31.1 Å². The van der Waals surface area contributed by atoms with Crippen LogP contribution in [0.5, 0.6) is 0 Å². The fourth-order valence-electron chi connectivity index (χ4n) is 2.84. The lowest BCUT2D eigenvalue weighted by molar-refractivity contribution is 0.247. The van der Waals surface area contributed by atoms with Crippen molar-refractivity contribution in [1.29, 1.82) is 0 Å². The van der Waals surface area contributed by atoms with Gasteiger partial charge in [0.05, 0.1) is 22.6 Å². The van der Waals surface area contributed by atoms with Gasteiger partial charge in [-0.15, -0.1) is 16.4 Å². The first-order valence-electron chi connectivity index (χ1n) is 7.94. The molecular formula is C15H20N6S2. The Labute approximate surface area is 143 Å². The molecule has 3 aromatic heterocycles. The monoisotopic (exact) mass is 348 g/mol. The summed E-state index contributed by atoms with van der Waals surface area (Å²) in [7, 11) is 0. The molecule has 1 saturated heterocycles. The molecule has 3 aromatic rings. The summed E-state index contributed by atoms with van der Waals surface area (Å²) in [6.07, 6.45) is 3.02. The number of hydrogen-bond donors (Lipinski definition) is 0. The molecule has 0 aliphatic carbocycles. The Morgan fingerprint density at radius 2 is 2.00 bits per heavy atom. The molecule has 0 bridgehead atoms. The lowest BCUT2D eigenvalue weighted by atomic mass is 10.3. The van der Waals surface area contributed by atoms with Crippen LogP contribution in [0.1, 0.15) is 23.3 Å². The summed E-state index contributed by atoms with van der Waals surface area (Å²) in [5, 5.41) is 9.16. The smallest absolute Gasteiger partial charge is 0.214 e. The number of piperazine rings is 1. The van der Waals surface area contributed by atoms with Crippen LogP contribution in [-0.4, -0.2) is 50.7 Å². The number of aromatic nitrogens is 4. The van der Waals surface area contributed by atoms with Crippen LogP contribution in [0.3, 0.4) is 0 Å². The van der Waals surface area contributed by atoms with E-state index in [1.165, 1.54) is 10.7 Å². The minimum absolute atomic E-state index is 0.963. The quantitative estimate of drug-likeness (QED) is 0.725. The highest BCUT2D eigenvalue weighted by molar-refractivity contribution is 7.20. The molecule has 0 atom stereocenters. The van der Waals surface area contributed by atoms with Gasteiger partial charge in [-0.2, -0.15) is 0 Å². The van der Waals surface area contributed by atoms with Crippen molar-refractivity contribution >= 4 is 32.8 Å². The minimum atomic E-state index is 0.963. The van der Waals surface area contributed by atoms with Gasteiger partial charge in [0.25, 0.3) is 0 Å². The second-order valence-corrected chi connectivity index (χ2v) is 7.72. The number of aryl methyl sites for hydroxylation is 2. The van der Waals surface area contributed by atoms with E-state index in [-0.39, 0.29) is 0 Å². The second kappa shape index (κ2) is 6.18. The molecule has 122 valence electrons. The minimum Gasteiger partial charge on any atom is -0.344 e. The maximum Gasteiger partial charge on any atom is 0.214 e. The average molecular weight is 349 g/mol. The van der Waals surface area contributed by atoms with Crippen molar-refractivity contribution in [1.82, 2.24) is 24.5 Å². The zero-order valence-electron chi connectivity index (χ0n) is 13.4. The van der Waals surface area contributed by atoms with Crippen LogP contribution in [0.25, 0.3) is 4.96 Å². The van der Waals surface area contributed by atoms with Gasteiger partial charge in [-0.3, -0.25) is 4.90 Å². The fourth-order valence-corrected chi connectivity index (χ4v) is 4.55. The molecule has 1 aliphatic rings. The summed E-state index contributed by atoms with van der Waals surface area (Å²) in [5.74, 6) is 0. The standard InChI is InChI=1S/C15H20N6S2/c1-3-13-17-12(10-22-13)9-19-4-6-20(7-5-19)15-18-21-8-11(2)16-14(21)23-15/h8,10H,3-7,9H2,1-2H3. The molecule has 0 saturated carbocycles. The van der Waals surface area contributed by atoms with Crippen molar-refractivity contribution in [2.45, 2.75) is 26.8 Å². The third-order valence-electron chi connectivity index (χ3n) is 4.08. The Bertz CT molecular complexity index is 764. The van der Waals surface area contributed by atoms with Crippen LogP contribution in [0, 0.1) is 6.92 Å². The Kier molecular flexibility index (Phi) is 4.04. The van der Waals surface area contributed by atoms with Gasteiger partial charge in [0.15, 0.2) is 0 Å². The average Bonchev–Trinajstić information content (AvgIpc) is 3.22. The van der Waals surface area contributed by atoms with Gasteiger partial charge in [0.1, 0.15) is 0 Å². The Hall–Kier alpha value is -1.51. The maximum atomic E-state index is 4.67. The van der Waals surface area contributed by atoms with Crippen LogP contribution in [0.15, 0.2) is 11.6 Å². The molecule has 4 rings (SSSR count). The van der Waals surface area contributed by atoms with Crippen molar-refractivity contribution in [3.8, 4) is 0 Å². The third-order valence-corrected chi connectivity index (χ3v) is 6.11. The van der Waals surface area contributed by atoms with Crippen LogP contribution in [0.2, 0.25) is 0 Å². The zero-order valence-corrected chi connectivity index (χ0v) is 15.0. The predicted molar refractivity (Wildman–Crippen MR) is 94.6 cm³/mol. The molecule has 1 fully saturated rings. The maximum absolute atomic E-state index is 4.67. The lowest BCUT2D eigenvalue weighted by Crippen LogP contribution is -2.46. The molecule has 8 heteroatoms.